The summed E-state index contributed by atoms with van der Waals surface area (Å²) in [5, 5.41) is 12.6. The van der Waals surface area contributed by atoms with E-state index in [1.54, 1.807) is 0 Å². The molecule has 11 heavy (non-hydrogen) atoms. The van der Waals surface area contributed by atoms with Crippen molar-refractivity contribution in [2.45, 2.75) is 57.7 Å². The van der Waals surface area contributed by atoms with E-state index in [1.807, 2.05) is 6.92 Å². The van der Waals surface area contributed by atoms with Crippen LogP contribution in [-0.2, 0) is 0 Å². The summed E-state index contributed by atoms with van der Waals surface area (Å²) in [6, 6.07) is 1.20. The molecular weight excluding hydrogens is 138 g/mol. The van der Waals surface area contributed by atoms with Gasteiger partial charge in [0.25, 0.3) is 0 Å². The molecule has 2 nitrogen and oxygen atoms in total. The molecular formula is C9H19NO. The first kappa shape index (κ1) is 9.01. The Hall–Kier alpha value is -0.0800. The minimum Gasteiger partial charge on any atom is -0.393 e. The average Bonchev–Trinajstić information content (AvgIpc) is 1.85. The smallest absolute Gasteiger partial charge is 0.0526 e. The molecule has 0 aromatic heterocycles. The van der Waals surface area contributed by atoms with Gasteiger partial charge in [-0.05, 0) is 33.1 Å². The first-order chi connectivity index (χ1) is 5.18. The molecule has 2 N–H and O–H groups in total. The summed E-state index contributed by atoms with van der Waals surface area (Å²) in [6.07, 6.45) is 4.58. The van der Waals surface area contributed by atoms with Crippen LogP contribution >= 0.6 is 0 Å². The largest absolute Gasteiger partial charge is 0.393 e. The highest BCUT2D eigenvalue weighted by molar-refractivity contribution is 4.78. The average molecular weight is 157 g/mol. The van der Waals surface area contributed by atoms with Crippen molar-refractivity contribution in [2.24, 2.45) is 0 Å². The minimum atomic E-state index is -0.155. The zero-order valence-electron chi connectivity index (χ0n) is 7.51. The zero-order chi connectivity index (χ0) is 8.27. The number of rotatable bonds is 2. The quantitative estimate of drug-likeness (QED) is 0.633. The normalized spacial score (nSPS) is 35.2. The van der Waals surface area contributed by atoms with Crippen LogP contribution < -0.4 is 5.32 Å². The standard InChI is InChI=1S/C9H19NO/c1-7-4-3-5-9(10-7)6-8(2)11/h7-11H,3-6H2,1-2H3/t7-,8+,9-/m1/s1. The van der Waals surface area contributed by atoms with E-state index >= 15 is 0 Å². The molecule has 0 saturated carbocycles. The third kappa shape index (κ3) is 3.21. The van der Waals surface area contributed by atoms with Crippen molar-refractivity contribution in [1.82, 2.24) is 5.32 Å². The molecule has 0 radical (unpaired) electrons. The fourth-order valence-corrected chi connectivity index (χ4v) is 1.84. The van der Waals surface area contributed by atoms with Gasteiger partial charge in [0, 0.05) is 12.1 Å². The van der Waals surface area contributed by atoms with Crippen LogP contribution in [0.5, 0.6) is 0 Å². The molecule has 1 aliphatic rings. The van der Waals surface area contributed by atoms with Gasteiger partial charge in [-0.2, -0.15) is 0 Å². The lowest BCUT2D eigenvalue weighted by Gasteiger charge is -2.29. The monoisotopic (exact) mass is 157 g/mol. The summed E-state index contributed by atoms with van der Waals surface area (Å²) in [4.78, 5) is 0. The van der Waals surface area contributed by atoms with Gasteiger partial charge in [-0.1, -0.05) is 6.42 Å². The van der Waals surface area contributed by atoms with Gasteiger partial charge >= 0.3 is 0 Å². The van der Waals surface area contributed by atoms with Crippen LogP contribution in [0.1, 0.15) is 39.5 Å². The second-order valence-corrected chi connectivity index (χ2v) is 3.78. The van der Waals surface area contributed by atoms with Gasteiger partial charge in [-0.3, -0.25) is 0 Å². The van der Waals surface area contributed by atoms with Crippen LogP contribution in [0.15, 0.2) is 0 Å². The maximum absolute atomic E-state index is 9.15. The Morgan fingerprint density at radius 1 is 1.55 bits per heavy atom. The predicted molar refractivity (Wildman–Crippen MR) is 46.5 cm³/mol. The van der Waals surface area contributed by atoms with Crippen molar-refractivity contribution in [1.29, 1.82) is 0 Å². The number of hydrogen-bond acceptors (Lipinski definition) is 2. The summed E-state index contributed by atoms with van der Waals surface area (Å²) in [5.41, 5.74) is 0. The number of piperidine rings is 1. The second-order valence-electron chi connectivity index (χ2n) is 3.78. The van der Waals surface area contributed by atoms with Crippen LogP contribution in [-0.4, -0.2) is 23.3 Å². The summed E-state index contributed by atoms with van der Waals surface area (Å²) in [5.74, 6) is 0. The Labute approximate surface area is 69.0 Å². The van der Waals surface area contributed by atoms with Crippen molar-refractivity contribution < 1.29 is 5.11 Å². The van der Waals surface area contributed by atoms with Crippen molar-refractivity contribution >= 4 is 0 Å². The number of aliphatic hydroxyl groups excluding tert-OH is 1. The van der Waals surface area contributed by atoms with E-state index in [1.165, 1.54) is 19.3 Å². The molecule has 0 amide bonds. The zero-order valence-corrected chi connectivity index (χ0v) is 7.51. The van der Waals surface area contributed by atoms with Crippen molar-refractivity contribution in [3.8, 4) is 0 Å². The molecule has 1 heterocycles. The summed E-state index contributed by atoms with van der Waals surface area (Å²) in [6.45, 7) is 4.08. The fraction of sp³-hybridized carbons (Fsp3) is 1.00. The molecule has 2 heteroatoms. The number of aliphatic hydroxyl groups is 1. The molecule has 1 saturated heterocycles. The fourth-order valence-electron chi connectivity index (χ4n) is 1.84. The van der Waals surface area contributed by atoms with Gasteiger partial charge in [0.05, 0.1) is 6.10 Å². The van der Waals surface area contributed by atoms with E-state index in [0.717, 1.165) is 6.42 Å². The lowest BCUT2D eigenvalue weighted by atomic mass is 9.96. The number of nitrogens with one attached hydrogen (secondary N) is 1. The van der Waals surface area contributed by atoms with Gasteiger partial charge in [0.2, 0.25) is 0 Å². The molecule has 0 unspecified atom stereocenters. The molecule has 0 aliphatic carbocycles. The van der Waals surface area contributed by atoms with Crippen LogP contribution in [0.25, 0.3) is 0 Å². The molecule has 0 spiro atoms. The minimum absolute atomic E-state index is 0.155. The Balaban J connectivity index is 2.23. The topological polar surface area (TPSA) is 32.3 Å². The van der Waals surface area contributed by atoms with Crippen LogP contribution in [0, 0.1) is 0 Å². The first-order valence-corrected chi connectivity index (χ1v) is 4.62. The van der Waals surface area contributed by atoms with E-state index in [2.05, 4.69) is 12.2 Å². The Morgan fingerprint density at radius 2 is 2.27 bits per heavy atom. The van der Waals surface area contributed by atoms with Crippen LogP contribution in [0.4, 0.5) is 0 Å². The summed E-state index contributed by atoms with van der Waals surface area (Å²) >= 11 is 0. The third-order valence-electron chi connectivity index (χ3n) is 2.34. The molecule has 0 bridgehead atoms. The number of hydrogen-bond donors (Lipinski definition) is 2. The van der Waals surface area contributed by atoms with E-state index in [9.17, 15) is 0 Å². The second kappa shape index (κ2) is 4.07. The van der Waals surface area contributed by atoms with Gasteiger partial charge < -0.3 is 10.4 Å². The molecule has 66 valence electrons. The van der Waals surface area contributed by atoms with Crippen molar-refractivity contribution in [3.05, 3.63) is 0 Å². The molecule has 0 aromatic rings. The Morgan fingerprint density at radius 3 is 2.82 bits per heavy atom. The maximum Gasteiger partial charge on any atom is 0.0526 e. The molecule has 1 fully saturated rings. The SMILES string of the molecule is C[C@H](O)C[C@H]1CCC[C@@H](C)N1. The lowest BCUT2D eigenvalue weighted by molar-refractivity contribution is 0.154. The molecule has 1 rings (SSSR count). The van der Waals surface area contributed by atoms with E-state index < -0.39 is 0 Å². The summed E-state index contributed by atoms with van der Waals surface area (Å²) < 4.78 is 0. The molecule has 3 atom stereocenters. The lowest BCUT2D eigenvalue weighted by Crippen LogP contribution is -2.41. The van der Waals surface area contributed by atoms with Gasteiger partial charge in [-0.25, -0.2) is 0 Å². The first-order valence-electron chi connectivity index (χ1n) is 4.62. The van der Waals surface area contributed by atoms with Crippen molar-refractivity contribution in [3.63, 3.8) is 0 Å². The van der Waals surface area contributed by atoms with Crippen LogP contribution in [0.2, 0.25) is 0 Å². The van der Waals surface area contributed by atoms with E-state index in [0.29, 0.717) is 12.1 Å². The van der Waals surface area contributed by atoms with Gasteiger partial charge in [0.1, 0.15) is 0 Å². The van der Waals surface area contributed by atoms with E-state index in [-0.39, 0.29) is 6.10 Å². The maximum atomic E-state index is 9.15. The predicted octanol–water partition coefficient (Wildman–Crippen LogP) is 1.29. The summed E-state index contributed by atoms with van der Waals surface area (Å²) in [7, 11) is 0. The van der Waals surface area contributed by atoms with E-state index in [4.69, 9.17) is 5.11 Å². The Bertz CT molecular complexity index is 112. The van der Waals surface area contributed by atoms with Crippen LogP contribution in [0.3, 0.4) is 0 Å². The Kier molecular flexibility index (Phi) is 3.34. The van der Waals surface area contributed by atoms with Gasteiger partial charge in [0.15, 0.2) is 0 Å². The third-order valence-corrected chi connectivity index (χ3v) is 2.34. The highest BCUT2D eigenvalue weighted by Gasteiger charge is 2.18. The van der Waals surface area contributed by atoms with Crippen molar-refractivity contribution in [2.75, 3.05) is 0 Å². The highest BCUT2D eigenvalue weighted by atomic mass is 16.3. The molecule has 1 aliphatic heterocycles. The molecule has 0 aromatic carbocycles. The highest BCUT2D eigenvalue weighted by Crippen LogP contribution is 2.15. The van der Waals surface area contributed by atoms with Gasteiger partial charge in [-0.15, -0.1) is 0 Å².